The zero-order valence-electron chi connectivity index (χ0n) is 17.3. The van der Waals surface area contributed by atoms with Crippen LogP contribution in [0.5, 0.6) is 0 Å². The molecule has 2 aromatic heterocycles. The first-order valence-electron chi connectivity index (χ1n) is 10.7. The number of carbonyl (C=O) groups excluding carboxylic acids is 2. The number of hydrogen-bond acceptors (Lipinski definition) is 6. The van der Waals surface area contributed by atoms with E-state index in [1.807, 2.05) is 28.9 Å². The number of nitrogens with two attached hydrogens (primary N) is 1. The summed E-state index contributed by atoms with van der Waals surface area (Å²) in [5.41, 5.74) is 6.49. The Bertz CT molecular complexity index is 1010. The average Bonchev–Trinajstić information content (AvgIpc) is 2.78. The van der Waals surface area contributed by atoms with Crippen molar-refractivity contribution in [3.05, 3.63) is 28.7 Å². The van der Waals surface area contributed by atoms with Crippen LogP contribution in [0, 0.1) is 11.8 Å². The molecule has 2 aliphatic heterocycles. The summed E-state index contributed by atoms with van der Waals surface area (Å²) < 4.78 is 1.64. The molecule has 0 spiro atoms. The Balaban J connectivity index is 1.53. The lowest BCUT2D eigenvalue weighted by Crippen LogP contribution is -2.49. The second-order valence-electron chi connectivity index (χ2n) is 8.12. The van der Waals surface area contributed by atoms with Crippen molar-refractivity contribution in [2.75, 3.05) is 31.1 Å². The van der Waals surface area contributed by atoms with E-state index in [2.05, 4.69) is 9.97 Å². The fraction of sp³-hybridized carbons (Fsp3) is 0.571. The van der Waals surface area contributed by atoms with Crippen LogP contribution in [0.1, 0.15) is 32.6 Å². The summed E-state index contributed by atoms with van der Waals surface area (Å²) in [5, 5.41) is 0. The van der Waals surface area contributed by atoms with Gasteiger partial charge in [0.05, 0.1) is 5.92 Å². The molecule has 0 aliphatic carbocycles. The number of fused-ring (bicyclic) bond motifs is 1. The standard InChI is InChI=1S/C21H28N6O3/c1-2-27-18-16(6-3-9-23-18)24-19(21(27)30)26-10-4-5-15(13-26)20(29)25-11-7-14(8-12-25)17(22)28/h3,6,9,14-15H,2,4-5,7-8,10-13H2,1H3,(H2,22,28). The molecule has 9 heteroatoms. The summed E-state index contributed by atoms with van der Waals surface area (Å²) in [7, 11) is 0. The molecule has 30 heavy (non-hydrogen) atoms. The van der Waals surface area contributed by atoms with E-state index in [9.17, 15) is 14.4 Å². The molecule has 2 saturated heterocycles. The highest BCUT2D eigenvalue weighted by atomic mass is 16.2. The molecule has 1 atom stereocenters. The highest BCUT2D eigenvalue weighted by molar-refractivity contribution is 5.81. The number of nitrogens with zero attached hydrogens (tertiary/aromatic N) is 5. The van der Waals surface area contributed by atoms with Crippen LogP contribution in [-0.2, 0) is 16.1 Å². The van der Waals surface area contributed by atoms with E-state index in [4.69, 9.17) is 5.73 Å². The molecule has 4 rings (SSSR count). The van der Waals surface area contributed by atoms with Crippen molar-refractivity contribution in [2.24, 2.45) is 17.6 Å². The Kier molecular flexibility index (Phi) is 5.69. The molecular weight excluding hydrogens is 384 g/mol. The van der Waals surface area contributed by atoms with Crippen molar-refractivity contribution in [1.29, 1.82) is 0 Å². The Labute approximate surface area is 174 Å². The number of carbonyl (C=O) groups is 2. The van der Waals surface area contributed by atoms with Crippen molar-refractivity contribution in [1.82, 2.24) is 19.4 Å². The molecule has 2 N–H and O–H groups in total. The smallest absolute Gasteiger partial charge is 0.295 e. The van der Waals surface area contributed by atoms with E-state index in [0.717, 1.165) is 12.8 Å². The van der Waals surface area contributed by atoms with Crippen LogP contribution in [-0.4, -0.2) is 57.4 Å². The number of aryl methyl sites for hydroxylation is 1. The summed E-state index contributed by atoms with van der Waals surface area (Å²) in [4.78, 5) is 50.2. The zero-order valence-corrected chi connectivity index (χ0v) is 17.3. The fourth-order valence-electron chi connectivity index (χ4n) is 4.58. The van der Waals surface area contributed by atoms with Gasteiger partial charge < -0.3 is 15.5 Å². The summed E-state index contributed by atoms with van der Waals surface area (Å²) in [6.45, 7) is 4.72. The summed E-state index contributed by atoms with van der Waals surface area (Å²) in [6.07, 6.45) is 4.52. The minimum absolute atomic E-state index is 0.0980. The van der Waals surface area contributed by atoms with Gasteiger partial charge in [0.25, 0.3) is 5.56 Å². The van der Waals surface area contributed by atoms with Gasteiger partial charge in [0.15, 0.2) is 11.5 Å². The van der Waals surface area contributed by atoms with E-state index < -0.39 is 0 Å². The summed E-state index contributed by atoms with van der Waals surface area (Å²) >= 11 is 0. The summed E-state index contributed by atoms with van der Waals surface area (Å²) in [5.74, 6) is -0.109. The lowest BCUT2D eigenvalue weighted by atomic mass is 9.92. The van der Waals surface area contributed by atoms with Crippen LogP contribution in [0.3, 0.4) is 0 Å². The number of amides is 2. The summed E-state index contributed by atoms with van der Waals surface area (Å²) in [6, 6.07) is 3.66. The van der Waals surface area contributed by atoms with Crippen LogP contribution in [0.4, 0.5) is 5.82 Å². The van der Waals surface area contributed by atoms with Gasteiger partial charge in [-0.05, 0) is 44.7 Å². The predicted octanol–water partition coefficient (Wildman–Crippen LogP) is 0.752. The highest BCUT2D eigenvalue weighted by Crippen LogP contribution is 2.25. The Morgan fingerprint density at radius 2 is 1.93 bits per heavy atom. The number of aromatic nitrogens is 3. The number of likely N-dealkylation sites (tertiary alicyclic amines) is 1. The van der Waals surface area contributed by atoms with Crippen LogP contribution < -0.4 is 16.2 Å². The molecule has 4 heterocycles. The lowest BCUT2D eigenvalue weighted by molar-refractivity contribution is -0.138. The van der Waals surface area contributed by atoms with Gasteiger partial charge in [0, 0.05) is 44.8 Å². The second-order valence-corrected chi connectivity index (χ2v) is 8.12. The first-order chi connectivity index (χ1) is 14.5. The topological polar surface area (TPSA) is 114 Å². The SMILES string of the molecule is CCn1c(=O)c(N2CCCC(C(=O)N3CCC(C(N)=O)CC3)C2)nc2cccnc21. The second kappa shape index (κ2) is 8.41. The van der Waals surface area contributed by atoms with Gasteiger partial charge in [0.1, 0.15) is 5.52 Å². The quantitative estimate of drug-likeness (QED) is 0.793. The number of pyridine rings is 1. The van der Waals surface area contributed by atoms with Gasteiger partial charge in [-0.3, -0.25) is 19.0 Å². The normalized spacial score (nSPS) is 20.5. The fourth-order valence-corrected chi connectivity index (χ4v) is 4.58. The first-order valence-corrected chi connectivity index (χ1v) is 10.7. The maximum absolute atomic E-state index is 13.1. The molecule has 0 radical (unpaired) electrons. The number of hydrogen-bond donors (Lipinski definition) is 1. The number of rotatable bonds is 4. The van der Waals surface area contributed by atoms with Crippen molar-refractivity contribution < 1.29 is 9.59 Å². The largest absolute Gasteiger partial charge is 0.369 e. The first kappa shape index (κ1) is 20.3. The third kappa shape index (κ3) is 3.76. The molecule has 1 unspecified atom stereocenters. The lowest BCUT2D eigenvalue weighted by Gasteiger charge is -2.37. The van der Waals surface area contributed by atoms with Crippen molar-refractivity contribution in [3.63, 3.8) is 0 Å². The van der Waals surface area contributed by atoms with Crippen molar-refractivity contribution >= 4 is 28.8 Å². The third-order valence-electron chi connectivity index (χ3n) is 6.28. The number of anilines is 1. The molecule has 0 saturated carbocycles. The van der Waals surface area contributed by atoms with Gasteiger partial charge >= 0.3 is 0 Å². The Morgan fingerprint density at radius 3 is 2.63 bits per heavy atom. The zero-order chi connectivity index (χ0) is 21.3. The van der Waals surface area contributed by atoms with Crippen molar-refractivity contribution in [2.45, 2.75) is 39.2 Å². The highest BCUT2D eigenvalue weighted by Gasteiger charge is 2.33. The van der Waals surface area contributed by atoms with Crippen LogP contribution >= 0.6 is 0 Å². The van der Waals surface area contributed by atoms with E-state index in [1.165, 1.54) is 0 Å². The van der Waals surface area contributed by atoms with Gasteiger partial charge in [-0.1, -0.05) is 0 Å². The molecule has 2 amide bonds. The molecule has 2 aromatic rings. The van der Waals surface area contributed by atoms with E-state index in [-0.39, 0.29) is 29.2 Å². The minimum Gasteiger partial charge on any atom is -0.369 e. The number of primary amides is 1. The number of piperidine rings is 2. The van der Waals surface area contributed by atoms with Crippen LogP contribution in [0.25, 0.3) is 11.2 Å². The maximum Gasteiger partial charge on any atom is 0.295 e. The van der Waals surface area contributed by atoms with Crippen LogP contribution in [0.2, 0.25) is 0 Å². The van der Waals surface area contributed by atoms with Gasteiger partial charge in [-0.15, -0.1) is 0 Å². The Hall–Kier alpha value is -2.97. The molecule has 0 bridgehead atoms. The molecular formula is C21H28N6O3. The van der Waals surface area contributed by atoms with Gasteiger partial charge in [-0.25, -0.2) is 9.97 Å². The third-order valence-corrected chi connectivity index (χ3v) is 6.28. The van der Waals surface area contributed by atoms with Gasteiger partial charge in [0.2, 0.25) is 11.8 Å². The minimum atomic E-state index is -0.282. The molecule has 0 aromatic carbocycles. The molecule has 9 nitrogen and oxygen atoms in total. The van der Waals surface area contributed by atoms with Gasteiger partial charge in [-0.2, -0.15) is 0 Å². The Morgan fingerprint density at radius 1 is 1.17 bits per heavy atom. The molecule has 160 valence electrons. The molecule has 2 aliphatic rings. The predicted molar refractivity (Wildman–Crippen MR) is 113 cm³/mol. The van der Waals surface area contributed by atoms with E-state index in [1.54, 1.807) is 10.8 Å². The van der Waals surface area contributed by atoms with Crippen molar-refractivity contribution in [3.8, 4) is 0 Å². The average molecular weight is 412 g/mol. The van der Waals surface area contributed by atoms with E-state index >= 15 is 0 Å². The monoisotopic (exact) mass is 412 g/mol. The van der Waals surface area contributed by atoms with E-state index in [0.29, 0.717) is 62.5 Å². The van der Waals surface area contributed by atoms with Crippen LogP contribution in [0.15, 0.2) is 23.1 Å². The molecule has 2 fully saturated rings. The maximum atomic E-state index is 13.1.